The van der Waals surface area contributed by atoms with Crippen LogP contribution in [-0.2, 0) is 9.53 Å². The maximum Gasteiger partial charge on any atom is 0.334 e. The van der Waals surface area contributed by atoms with Crippen LogP contribution in [0, 0.1) is 13.8 Å². The van der Waals surface area contributed by atoms with Gasteiger partial charge in [0.05, 0.1) is 18.7 Å². The summed E-state index contributed by atoms with van der Waals surface area (Å²) in [5, 5.41) is 9.13. The van der Waals surface area contributed by atoms with Crippen LogP contribution in [0.3, 0.4) is 0 Å². The van der Waals surface area contributed by atoms with Gasteiger partial charge in [-0.1, -0.05) is 30.3 Å². The number of carboxylic acid groups (broad SMARTS) is 1. The fraction of sp³-hybridized carbons (Fsp3) is 0.286. The molecular weight excluding hydrogens is 346 g/mol. The third-order valence-corrected chi connectivity index (χ3v) is 4.80. The second kappa shape index (κ2) is 7.72. The number of ether oxygens (including phenoxy) is 1. The van der Waals surface area contributed by atoms with E-state index >= 15 is 0 Å². The lowest BCUT2D eigenvalue weighted by molar-refractivity contribution is -0.154. The zero-order valence-electron chi connectivity index (χ0n) is 15.3. The highest BCUT2D eigenvalue weighted by atomic mass is 16.5. The van der Waals surface area contributed by atoms with E-state index in [4.69, 9.17) is 9.84 Å². The number of rotatable bonds is 4. The third kappa shape index (κ3) is 3.90. The number of morpholine rings is 1. The van der Waals surface area contributed by atoms with Crippen LogP contribution in [0.5, 0.6) is 0 Å². The van der Waals surface area contributed by atoms with Crippen molar-refractivity contribution in [3.63, 3.8) is 0 Å². The summed E-state index contributed by atoms with van der Waals surface area (Å²) in [5.41, 5.74) is 3.19. The first-order chi connectivity index (χ1) is 12.9. The van der Waals surface area contributed by atoms with Crippen LogP contribution in [0.1, 0.15) is 37.4 Å². The molecule has 0 saturated carbocycles. The molecule has 27 heavy (non-hydrogen) atoms. The first kappa shape index (κ1) is 18.8. The zero-order chi connectivity index (χ0) is 19.6. The maximum atomic E-state index is 13.0. The minimum atomic E-state index is -1.10. The molecule has 1 aliphatic rings. The fourth-order valence-electron chi connectivity index (χ4n) is 3.06. The molecule has 1 atom stereocenters. The average molecular weight is 367 g/mol. The van der Waals surface area contributed by atoms with Crippen molar-refractivity contribution in [1.29, 1.82) is 0 Å². The summed E-state index contributed by atoms with van der Waals surface area (Å²) in [6.07, 6.45) is -1.05. The van der Waals surface area contributed by atoms with E-state index in [1.54, 1.807) is 30.3 Å². The van der Waals surface area contributed by atoms with Crippen LogP contribution in [0.2, 0.25) is 0 Å². The lowest BCUT2D eigenvalue weighted by atomic mass is 9.95. The molecule has 1 fully saturated rings. The Kier molecular flexibility index (Phi) is 5.37. The molecule has 0 unspecified atom stereocenters. The molecular formula is C21H21NO5. The van der Waals surface area contributed by atoms with Gasteiger partial charge in [-0.2, -0.15) is 0 Å². The summed E-state index contributed by atoms with van der Waals surface area (Å²) in [4.78, 5) is 38.6. The SMILES string of the molecule is Cc1ccc(C(=O)c2ccccc2C(=O)N2CCO[C@@H](C(=O)O)C2)cc1C. The molecule has 3 rings (SSSR count). The minimum Gasteiger partial charge on any atom is -0.479 e. The van der Waals surface area contributed by atoms with E-state index in [9.17, 15) is 14.4 Å². The van der Waals surface area contributed by atoms with Gasteiger partial charge in [-0.15, -0.1) is 0 Å². The van der Waals surface area contributed by atoms with Crippen molar-refractivity contribution in [2.45, 2.75) is 20.0 Å². The largest absolute Gasteiger partial charge is 0.479 e. The van der Waals surface area contributed by atoms with E-state index in [2.05, 4.69) is 0 Å². The van der Waals surface area contributed by atoms with E-state index in [-0.39, 0.29) is 37.0 Å². The van der Waals surface area contributed by atoms with Crippen LogP contribution in [-0.4, -0.2) is 53.5 Å². The molecule has 0 spiro atoms. The Hall–Kier alpha value is -2.99. The summed E-state index contributed by atoms with van der Waals surface area (Å²) in [6, 6.07) is 12.1. The van der Waals surface area contributed by atoms with E-state index in [1.807, 2.05) is 26.0 Å². The Morgan fingerprint density at radius 2 is 1.74 bits per heavy atom. The van der Waals surface area contributed by atoms with Crippen molar-refractivity contribution in [3.8, 4) is 0 Å². The number of hydrogen-bond donors (Lipinski definition) is 1. The Labute approximate surface area is 157 Å². The number of aliphatic carboxylic acids is 1. The lowest BCUT2D eigenvalue weighted by Crippen LogP contribution is -2.48. The minimum absolute atomic E-state index is 0.0413. The highest BCUT2D eigenvalue weighted by Crippen LogP contribution is 2.20. The third-order valence-electron chi connectivity index (χ3n) is 4.80. The summed E-state index contributed by atoms with van der Waals surface area (Å²) in [7, 11) is 0. The van der Waals surface area contributed by atoms with Gasteiger partial charge < -0.3 is 14.7 Å². The first-order valence-corrected chi connectivity index (χ1v) is 8.73. The highest BCUT2D eigenvalue weighted by Gasteiger charge is 2.31. The summed E-state index contributed by atoms with van der Waals surface area (Å²) >= 11 is 0. The topological polar surface area (TPSA) is 83.9 Å². The summed E-state index contributed by atoms with van der Waals surface area (Å²) in [5.74, 6) is -1.70. The van der Waals surface area contributed by atoms with Crippen molar-refractivity contribution < 1.29 is 24.2 Å². The van der Waals surface area contributed by atoms with Crippen LogP contribution in [0.25, 0.3) is 0 Å². The van der Waals surface area contributed by atoms with Gasteiger partial charge in [0, 0.05) is 17.7 Å². The first-order valence-electron chi connectivity index (χ1n) is 8.73. The molecule has 1 amide bonds. The van der Waals surface area contributed by atoms with Gasteiger partial charge in [0.25, 0.3) is 5.91 Å². The van der Waals surface area contributed by atoms with Gasteiger partial charge in [-0.25, -0.2) is 4.79 Å². The average Bonchev–Trinajstić information content (AvgIpc) is 2.69. The van der Waals surface area contributed by atoms with Gasteiger partial charge in [-0.05, 0) is 37.1 Å². The highest BCUT2D eigenvalue weighted by molar-refractivity contribution is 6.15. The Bertz CT molecular complexity index is 905. The van der Waals surface area contributed by atoms with Crippen molar-refractivity contribution in [1.82, 2.24) is 4.90 Å². The van der Waals surface area contributed by atoms with Gasteiger partial charge >= 0.3 is 5.97 Å². The van der Waals surface area contributed by atoms with E-state index in [1.165, 1.54) is 4.90 Å². The molecule has 1 heterocycles. The van der Waals surface area contributed by atoms with Crippen molar-refractivity contribution in [2.75, 3.05) is 19.7 Å². The molecule has 6 nitrogen and oxygen atoms in total. The Morgan fingerprint density at radius 1 is 1.04 bits per heavy atom. The number of amides is 1. The van der Waals surface area contributed by atoms with Crippen LogP contribution in [0.15, 0.2) is 42.5 Å². The molecule has 1 N–H and O–H groups in total. The number of benzene rings is 2. The molecule has 0 bridgehead atoms. The predicted molar refractivity (Wildman–Crippen MR) is 99.1 cm³/mol. The molecule has 0 radical (unpaired) electrons. The van der Waals surface area contributed by atoms with Crippen molar-refractivity contribution in [2.24, 2.45) is 0 Å². The van der Waals surface area contributed by atoms with Crippen LogP contribution >= 0.6 is 0 Å². The van der Waals surface area contributed by atoms with Crippen LogP contribution < -0.4 is 0 Å². The number of carboxylic acids is 1. The Balaban J connectivity index is 1.91. The number of aryl methyl sites for hydroxylation is 2. The quantitative estimate of drug-likeness (QED) is 0.839. The standard InChI is InChI=1S/C21H21NO5/c1-13-7-8-15(11-14(13)2)19(23)16-5-3-4-6-17(16)20(24)22-9-10-27-18(12-22)21(25)26/h3-8,11,18H,9-10,12H2,1-2H3,(H,25,26)/t18-/m1/s1. The molecule has 2 aromatic carbocycles. The van der Waals surface area contributed by atoms with Crippen molar-refractivity contribution in [3.05, 3.63) is 70.3 Å². The fourth-order valence-corrected chi connectivity index (χ4v) is 3.06. The maximum absolute atomic E-state index is 13.0. The second-order valence-corrected chi connectivity index (χ2v) is 6.62. The molecule has 1 aliphatic heterocycles. The Morgan fingerprint density at radius 3 is 2.41 bits per heavy atom. The van der Waals surface area contributed by atoms with Gasteiger partial charge in [0.15, 0.2) is 11.9 Å². The zero-order valence-corrected chi connectivity index (χ0v) is 15.3. The number of hydrogen-bond acceptors (Lipinski definition) is 4. The molecule has 6 heteroatoms. The smallest absolute Gasteiger partial charge is 0.334 e. The van der Waals surface area contributed by atoms with Gasteiger partial charge in [0.2, 0.25) is 0 Å². The molecule has 140 valence electrons. The molecule has 0 aromatic heterocycles. The number of nitrogens with zero attached hydrogens (tertiary/aromatic N) is 1. The van der Waals surface area contributed by atoms with E-state index in [0.29, 0.717) is 11.1 Å². The van der Waals surface area contributed by atoms with Crippen molar-refractivity contribution >= 4 is 17.7 Å². The summed E-state index contributed by atoms with van der Waals surface area (Å²) in [6.45, 7) is 4.30. The number of carbonyl (C=O) groups is 3. The molecule has 0 aliphatic carbocycles. The predicted octanol–water partition coefficient (Wildman–Crippen LogP) is 2.46. The molecule has 1 saturated heterocycles. The summed E-state index contributed by atoms with van der Waals surface area (Å²) < 4.78 is 5.17. The second-order valence-electron chi connectivity index (χ2n) is 6.62. The van der Waals surface area contributed by atoms with Crippen LogP contribution in [0.4, 0.5) is 0 Å². The van der Waals surface area contributed by atoms with Gasteiger partial charge in [0.1, 0.15) is 0 Å². The van der Waals surface area contributed by atoms with Gasteiger partial charge in [-0.3, -0.25) is 9.59 Å². The number of ketones is 1. The molecule has 2 aromatic rings. The lowest BCUT2D eigenvalue weighted by Gasteiger charge is -2.31. The van der Waals surface area contributed by atoms with E-state index in [0.717, 1.165) is 11.1 Å². The number of carbonyl (C=O) groups excluding carboxylic acids is 2. The monoisotopic (exact) mass is 367 g/mol. The normalized spacial score (nSPS) is 16.8. The van der Waals surface area contributed by atoms with E-state index < -0.39 is 12.1 Å².